The van der Waals surface area contributed by atoms with Gasteiger partial charge in [0.15, 0.2) is 11.5 Å². The van der Waals surface area contributed by atoms with Crippen LogP contribution in [-0.2, 0) is 6.54 Å². The normalized spacial score (nSPS) is 9.53. The quantitative estimate of drug-likeness (QED) is 0.758. The minimum Gasteiger partial charge on any atom is -0.493 e. The first kappa shape index (κ1) is 11.3. The fourth-order valence-corrected chi connectivity index (χ4v) is 1.32. The molecular formula is C10H14N2O3. The molecule has 0 amide bonds. The Bertz CT molecular complexity index is 328. The van der Waals surface area contributed by atoms with Crippen LogP contribution in [0.25, 0.3) is 0 Å². The average molecular weight is 210 g/mol. The number of nitrogens with zero attached hydrogens (tertiary/aromatic N) is 1. The molecule has 0 aliphatic carbocycles. The van der Waals surface area contributed by atoms with Gasteiger partial charge in [-0.25, -0.2) is 5.53 Å². The molecule has 0 aromatic heterocycles. The van der Waals surface area contributed by atoms with Gasteiger partial charge in [-0.05, 0) is 17.7 Å². The predicted octanol–water partition coefficient (Wildman–Crippen LogP) is 2.24. The SMILES string of the molecule is COc1cc(CN=N)cc(OC)c1OC. The van der Waals surface area contributed by atoms with Crippen LogP contribution in [0.15, 0.2) is 17.2 Å². The van der Waals surface area contributed by atoms with Crippen LogP contribution in [0.1, 0.15) is 5.56 Å². The average Bonchev–Trinajstić information content (AvgIpc) is 2.28. The summed E-state index contributed by atoms with van der Waals surface area (Å²) in [5, 5.41) is 3.31. The minimum absolute atomic E-state index is 0.302. The second-order valence-corrected chi connectivity index (χ2v) is 2.85. The molecule has 5 heteroatoms. The van der Waals surface area contributed by atoms with Gasteiger partial charge in [-0.3, -0.25) is 0 Å². The molecule has 1 rings (SSSR count). The lowest BCUT2D eigenvalue weighted by molar-refractivity contribution is 0.324. The summed E-state index contributed by atoms with van der Waals surface area (Å²) in [4.78, 5) is 0. The van der Waals surface area contributed by atoms with E-state index in [9.17, 15) is 0 Å². The van der Waals surface area contributed by atoms with Gasteiger partial charge in [0.25, 0.3) is 0 Å². The van der Waals surface area contributed by atoms with Gasteiger partial charge in [0.05, 0.1) is 27.9 Å². The van der Waals surface area contributed by atoms with E-state index in [0.29, 0.717) is 23.8 Å². The van der Waals surface area contributed by atoms with Gasteiger partial charge in [-0.2, -0.15) is 5.11 Å². The molecule has 5 nitrogen and oxygen atoms in total. The molecule has 1 aromatic carbocycles. The molecule has 15 heavy (non-hydrogen) atoms. The summed E-state index contributed by atoms with van der Waals surface area (Å²) in [5.74, 6) is 1.71. The molecule has 0 radical (unpaired) electrons. The lowest BCUT2D eigenvalue weighted by Crippen LogP contribution is -1.96. The Morgan fingerprint density at radius 1 is 1.07 bits per heavy atom. The summed E-state index contributed by atoms with van der Waals surface area (Å²) in [6.45, 7) is 0.302. The van der Waals surface area contributed by atoms with Gasteiger partial charge in [0.1, 0.15) is 0 Å². The van der Waals surface area contributed by atoms with Gasteiger partial charge in [-0.15, -0.1) is 0 Å². The highest BCUT2D eigenvalue weighted by molar-refractivity contribution is 5.53. The van der Waals surface area contributed by atoms with Crippen LogP contribution in [0.4, 0.5) is 0 Å². The number of rotatable bonds is 5. The maximum Gasteiger partial charge on any atom is 0.203 e. The Labute approximate surface area is 88.5 Å². The Morgan fingerprint density at radius 3 is 1.93 bits per heavy atom. The first-order valence-corrected chi connectivity index (χ1v) is 4.39. The second kappa shape index (κ2) is 5.19. The van der Waals surface area contributed by atoms with Crippen LogP contribution in [0.5, 0.6) is 17.2 Å². The van der Waals surface area contributed by atoms with E-state index in [1.807, 2.05) is 0 Å². The Morgan fingerprint density at radius 2 is 1.60 bits per heavy atom. The fourth-order valence-electron chi connectivity index (χ4n) is 1.32. The third kappa shape index (κ3) is 2.37. The van der Waals surface area contributed by atoms with Crippen molar-refractivity contribution in [1.82, 2.24) is 0 Å². The number of methoxy groups -OCH3 is 3. The van der Waals surface area contributed by atoms with E-state index in [4.69, 9.17) is 19.7 Å². The monoisotopic (exact) mass is 210 g/mol. The summed E-state index contributed by atoms with van der Waals surface area (Å²) in [6, 6.07) is 3.55. The van der Waals surface area contributed by atoms with E-state index in [2.05, 4.69) is 5.11 Å². The molecule has 0 saturated carbocycles. The van der Waals surface area contributed by atoms with Gasteiger partial charge in [0.2, 0.25) is 5.75 Å². The predicted molar refractivity (Wildman–Crippen MR) is 54.9 cm³/mol. The zero-order valence-electron chi connectivity index (χ0n) is 9.03. The molecule has 0 atom stereocenters. The Balaban J connectivity index is 3.22. The molecule has 0 spiro atoms. The highest BCUT2D eigenvalue weighted by Crippen LogP contribution is 2.38. The lowest BCUT2D eigenvalue weighted by Gasteiger charge is -2.13. The van der Waals surface area contributed by atoms with Crippen molar-refractivity contribution in [1.29, 1.82) is 5.53 Å². The molecule has 0 saturated heterocycles. The highest BCUT2D eigenvalue weighted by atomic mass is 16.5. The first-order valence-electron chi connectivity index (χ1n) is 4.39. The van der Waals surface area contributed by atoms with E-state index in [1.54, 1.807) is 33.5 Å². The van der Waals surface area contributed by atoms with E-state index in [-0.39, 0.29) is 0 Å². The van der Waals surface area contributed by atoms with Crippen molar-refractivity contribution in [2.75, 3.05) is 21.3 Å². The number of ether oxygens (including phenoxy) is 3. The van der Waals surface area contributed by atoms with Crippen molar-refractivity contribution in [2.24, 2.45) is 5.11 Å². The largest absolute Gasteiger partial charge is 0.493 e. The third-order valence-corrected chi connectivity index (χ3v) is 1.99. The molecule has 0 heterocycles. The highest BCUT2D eigenvalue weighted by Gasteiger charge is 2.12. The molecule has 0 unspecified atom stereocenters. The summed E-state index contributed by atoms with van der Waals surface area (Å²) >= 11 is 0. The summed E-state index contributed by atoms with van der Waals surface area (Å²) in [6.07, 6.45) is 0. The van der Waals surface area contributed by atoms with Gasteiger partial charge in [-0.1, -0.05) is 0 Å². The van der Waals surface area contributed by atoms with Gasteiger partial charge >= 0.3 is 0 Å². The molecule has 0 bridgehead atoms. The zero-order chi connectivity index (χ0) is 11.3. The second-order valence-electron chi connectivity index (χ2n) is 2.85. The Kier molecular flexibility index (Phi) is 3.91. The van der Waals surface area contributed by atoms with Crippen molar-refractivity contribution in [3.8, 4) is 17.2 Å². The van der Waals surface area contributed by atoms with Crippen molar-refractivity contribution in [3.63, 3.8) is 0 Å². The van der Waals surface area contributed by atoms with Crippen LogP contribution in [0.2, 0.25) is 0 Å². The molecule has 0 aliphatic heterocycles. The van der Waals surface area contributed by atoms with Crippen LogP contribution < -0.4 is 14.2 Å². The first-order chi connectivity index (χ1) is 7.26. The molecule has 1 aromatic rings. The lowest BCUT2D eigenvalue weighted by atomic mass is 10.2. The van der Waals surface area contributed by atoms with E-state index < -0.39 is 0 Å². The van der Waals surface area contributed by atoms with Crippen molar-refractivity contribution >= 4 is 0 Å². The number of nitrogens with one attached hydrogen (secondary N) is 1. The third-order valence-electron chi connectivity index (χ3n) is 1.99. The topological polar surface area (TPSA) is 63.9 Å². The zero-order valence-corrected chi connectivity index (χ0v) is 9.03. The molecular weight excluding hydrogens is 196 g/mol. The molecule has 82 valence electrons. The van der Waals surface area contributed by atoms with Crippen molar-refractivity contribution < 1.29 is 14.2 Å². The van der Waals surface area contributed by atoms with E-state index in [0.717, 1.165) is 5.56 Å². The maximum absolute atomic E-state index is 6.81. The van der Waals surface area contributed by atoms with Crippen LogP contribution in [-0.4, -0.2) is 21.3 Å². The fraction of sp³-hybridized carbons (Fsp3) is 0.400. The smallest absolute Gasteiger partial charge is 0.203 e. The number of benzene rings is 1. The van der Waals surface area contributed by atoms with Crippen molar-refractivity contribution in [2.45, 2.75) is 6.54 Å². The van der Waals surface area contributed by atoms with Gasteiger partial charge in [0, 0.05) is 0 Å². The number of hydrogen-bond donors (Lipinski definition) is 1. The standard InChI is InChI=1S/C10H14N2O3/c1-13-8-4-7(6-12-11)5-9(14-2)10(8)15-3/h4-5,11H,6H2,1-3H3. The molecule has 1 N–H and O–H groups in total. The van der Waals surface area contributed by atoms with Crippen molar-refractivity contribution in [3.05, 3.63) is 17.7 Å². The number of hydrogen-bond acceptors (Lipinski definition) is 5. The summed E-state index contributed by atoms with van der Waals surface area (Å²) in [5.41, 5.74) is 7.65. The van der Waals surface area contributed by atoms with Crippen LogP contribution in [0.3, 0.4) is 0 Å². The molecule has 0 fully saturated rings. The summed E-state index contributed by atoms with van der Waals surface area (Å²) < 4.78 is 15.5. The summed E-state index contributed by atoms with van der Waals surface area (Å²) in [7, 11) is 4.66. The Hall–Kier alpha value is -1.78. The maximum atomic E-state index is 6.81. The van der Waals surface area contributed by atoms with Crippen LogP contribution >= 0.6 is 0 Å². The van der Waals surface area contributed by atoms with Gasteiger partial charge < -0.3 is 14.2 Å². The van der Waals surface area contributed by atoms with E-state index >= 15 is 0 Å². The molecule has 0 aliphatic rings. The van der Waals surface area contributed by atoms with Crippen LogP contribution in [0, 0.1) is 5.53 Å². The van der Waals surface area contributed by atoms with E-state index in [1.165, 1.54) is 0 Å². The minimum atomic E-state index is 0.302.